The van der Waals surface area contributed by atoms with Crippen molar-refractivity contribution in [1.29, 1.82) is 5.26 Å². The molecule has 146 valence electrons. The summed E-state index contributed by atoms with van der Waals surface area (Å²) in [4.78, 5) is 0. The minimum absolute atomic E-state index is 0.441. The van der Waals surface area contributed by atoms with Gasteiger partial charge in [-0.2, -0.15) is 5.26 Å². The van der Waals surface area contributed by atoms with E-state index in [0.29, 0.717) is 18.8 Å². The van der Waals surface area contributed by atoms with Crippen LogP contribution in [0, 0.1) is 11.3 Å². The maximum absolute atomic E-state index is 9.79. The van der Waals surface area contributed by atoms with Crippen LogP contribution in [0.25, 0.3) is 22.4 Å². The number of allylic oxidation sites excluding steroid dienone is 1. The monoisotopic (exact) mass is 391 g/mol. The zero-order valence-corrected chi connectivity index (χ0v) is 16.5. The first-order valence-electron chi connectivity index (χ1n) is 9.84. The van der Waals surface area contributed by atoms with Crippen LogP contribution in [0.2, 0.25) is 0 Å². The molecule has 0 heterocycles. The fourth-order valence-electron chi connectivity index (χ4n) is 3.33. The van der Waals surface area contributed by atoms with Crippen molar-refractivity contribution in [2.45, 2.75) is 0 Å². The van der Waals surface area contributed by atoms with E-state index in [-0.39, 0.29) is 0 Å². The van der Waals surface area contributed by atoms with E-state index in [4.69, 9.17) is 9.47 Å². The molecule has 0 radical (unpaired) electrons. The summed E-state index contributed by atoms with van der Waals surface area (Å²) in [6.45, 7) is 0.903. The van der Waals surface area contributed by atoms with Gasteiger partial charge in [-0.05, 0) is 46.7 Å². The standard InChI is InChI=1S/C27H21NO2/c28-20-23(27-15-7-10-22-9-4-5-14-26(22)27)18-21-8-6-13-25(19-21)30-17-16-29-24-11-2-1-3-12-24/h1-15,18-19H,16-17H2/b23-18-. The Morgan fingerprint density at radius 2 is 1.40 bits per heavy atom. The van der Waals surface area contributed by atoms with Gasteiger partial charge < -0.3 is 9.47 Å². The van der Waals surface area contributed by atoms with E-state index in [1.165, 1.54) is 0 Å². The van der Waals surface area contributed by atoms with Gasteiger partial charge in [0.15, 0.2) is 0 Å². The first kappa shape index (κ1) is 19.3. The second-order valence-corrected chi connectivity index (χ2v) is 6.78. The molecule has 0 spiro atoms. The maximum Gasteiger partial charge on any atom is 0.122 e. The lowest BCUT2D eigenvalue weighted by Gasteiger charge is -2.09. The van der Waals surface area contributed by atoms with Crippen LogP contribution in [0.15, 0.2) is 97.1 Å². The third-order valence-corrected chi connectivity index (χ3v) is 4.73. The number of nitriles is 1. The summed E-state index contributed by atoms with van der Waals surface area (Å²) >= 11 is 0. The first-order chi connectivity index (χ1) is 14.8. The number of hydrogen-bond acceptors (Lipinski definition) is 3. The third-order valence-electron chi connectivity index (χ3n) is 4.73. The van der Waals surface area contributed by atoms with Crippen LogP contribution in [0.4, 0.5) is 0 Å². The SMILES string of the molecule is N#C/C(=C/c1cccc(OCCOc2ccccc2)c1)c1cccc2ccccc12. The zero-order valence-electron chi connectivity index (χ0n) is 16.5. The summed E-state index contributed by atoms with van der Waals surface area (Å²) in [5, 5.41) is 12.0. The van der Waals surface area contributed by atoms with E-state index in [0.717, 1.165) is 33.4 Å². The Balaban J connectivity index is 1.48. The van der Waals surface area contributed by atoms with Gasteiger partial charge in [-0.3, -0.25) is 0 Å². The van der Waals surface area contributed by atoms with Crippen molar-refractivity contribution < 1.29 is 9.47 Å². The van der Waals surface area contributed by atoms with Gasteiger partial charge in [-0.25, -0.2) is 0 Å². The molecule has 4 rings (SSSR count). The molecule has 0 aliphatic rings. The van der Waals surface area contributed by atoms with Crippen LogP contribution in [-0.2, 0) is 0 Å². The average Bonchev–Trinajstić information content (AvgIpc) is 2.81. The van der Waals surface area contributed by atoms with E-state index in [1.54, 1.807) is 0 Å². The van der Waals surface area contributed by atoms with Crippen LogP contribution in [0.3, 0.4) is 0 Å². The predicted molar refractivity (Wildman–Crippen MR) is 121 cm³/mol. The summed E-state index contributed by atoms with van der Waals surface area (Å²) in [6.07, 6.45) is 1.90. The van der Waals surface area contributed by atoms with E-state index < -0.39 is 0 Å². The average molecular weight is 391 g/mol. The van der Waals surface area contributed by atoms with Gasteiger partial charge in [-0.1, -0.05) is 72.8 Å². The highest BCUT2D eigenvalue weighted by Crippen LogP contribution is 2.27. The summed E-state index contributed by atoms with van der Waals surface area (Å²) in [6, 6.07) is 33.9. The zero-order chi connectivity index (χ0) is 20.6. The van der Waals surface area contributed by atoms with Gasteiger partial charge in [0, 0.05) is 5.56 Å². The Hall–Kier alpha value is -4.03. The number of rotatable bonds is 7. The molecule has 0 amide bonds. The number of ether oxygens (including phenoxy) is 2. The maximum atomic E-state index is 9.79. The van der Waals surface area contributed by atoms with Crippen molar-refractivity contribution in [2.75, 3.05) is 13.2 Å². The highest BCUT2D eigenvalue weighted by molar-refractivity contribution is 6.01. The lowest BCUT2D eigenvalue weighted by Crippen LogP contribution is -2.08. The van der Waals surface area contributed by atoms with Crippen molar-refractivity contribution in [2.24, 2.45) is 0 Å². The Morgan fingerprint density at radius 3 is 2.23 bits per heavy atom. The minimum atomic E-state index is 0.441. The molecule has 0 atom stereocenters. The van der Waals surface area contributed by atoms with Crippen LogP contribution < -0.4 is 9.47 Å². The van der Waals surface area contributed by atoms with Crippen molar-refractivity contribution in [3.05, 3.63) is 108 Å². The third kappa shape index (κ3) is 4.68. The fraction of sp³-hybridized carbons (Fsp3) is 0.0741. The molecule has 0 unspecified atom stereocenters. The summed E-state index contributed by atoms with van der Waals surface area (Å²) in [5.41, 5.74) is 2.47. The van der Waals surface area contributed by atoms with Gasteiger partial charge >= 0.3 is 0 Å². The Morgan fingerprint density at radius 1 is 0.733 bits per heavy atom. The van der Waals surface area contributed by atoms with Gasteiger partial charge in [0.2, 0.25) is 0 Å². The molecular formula is C27H21NO2. The number of nitrogens with zero attached hydrogens (tertiary/aromatic N) is 1. The van der Waals surface area contributed by atoms with Gasteiger partial charge in [0.05, 0.1) is 11.6 Å². The molecule has 4 aromatic carbocycles. The van der Waals surface area contributed by atoms with E-state index in [1.807, 2.05) is 91.0 Å². The molecule has 0 aliphatic carbocycles. The van der Waals surface area contributed by atoms with Crippen molar-refractivity contribution in [1.82, 2.24) is 0 Å². The molecule has 0 fully saturated rings. The fourth-order valence-corrected chi connectivity index (χ4v) is 3.33. The molecule has 0 bridgehead atoms. The molecule has 3 heteroatoms. The van der Waals surface area contributed by atoms with Gasteiger partial charge in [-0.15, -0.1) is 0 Å². The number of fused-ring (bicyclic) bond motifs is 1. The first-order valence-corrected chi connectivity index (χ1v) is 9.84. The van der Waals surface area contributed by atoms with Crippen LogP contribution >= 0.6 is 0 Å². The second kappa shape index (κ2) is 9.45. The molecule has 0 saturated carbocycles. The smallest absolute Gasteiger partial charge is 0.122 e. The van der Waals surface area contributed by atoms with E-state index in [9.17, 15) is 5.26 Å². The Bertz CT molecular complexity index is 1200. The Labute approximate surface area is 176 Å². The van der Waals surface area contributed by atoms with Crippen LogP contribution in [-0.4, -0.2) is 13.2 Å². The Kier molecular flexibility index (Phi) is 6.08. The lowest BCUT2D eigenvalue weighted by molar-refractivity contribution is 0.217. The summed E-state index contributed by atoms with van der Waals surface area (Å²) in [5.74, 6) is 1.57. The topological polar surface area (TPSA) is 42.2 Å². The molecule has 0 aromatic heterocycles. The van der Waals surface area contributed by atoms with Gasteiger partial charge in [0.1, 0.15) is 24.7 Å². The largest absolute Gasteiger partial charge is 0.490 e. The molecular weight excluding hydrogens is 370 g/mol. The lowest BCUT2D eigenvalue weighted by atomic mass is 9.97. The van der Waals surface area contributed by atoms with Crippen molar-refractivity contribution >= 4 is 22.4 Å². The van der Waals surface area contributed by atoms with E-state index in [2.05, 4.69) is 18.2 Å². The van der Waals surface area contributed by atoms with Crippen molar-refractivity contribution in [3.8, 4) is 17.6 Å². The number of hydrogen-bond donors (Lipinski definition) is 0. The van der Waals surface area contributed by atoms with Crippen LogP contribution in [0.1, 0.15) is 11.1 Å². The molecule has 0 aliphatic heterocycles. The summed E-state index contributed by atoms with van der Waals surface area (Å²) < 4.78 is 11.5. The highest BCUT2D eigenvalue weighted by Gasteiger charge is 2.06. The van der Waals surface area contributed by atoms with Crippen LogP contribution in [0.5, 0.6) is 11.5 Å². The highest BCUT2D eigenvalue weighted by atomic mass is 16.5. The molecule has 4 aromatic rings. The van der Waals surface area contributed by atoms with Gasteiger partial charge in [0.25, 0.3) is 0 Å². The summed E-state index contributed by atoms with van der Waals surface area (Å²) in [7, 11) is 0. The normalized spacial score (nSPS) is 11.1. The molecule has 30 heavy (non-hydrogen) atoms. The number of para-hydroxylation sites is 1. The minimum Gasteiger partial charge on any atom is -0.490 e. The molecule has 3 nitrogen and oxygen atoms in total. The molecule has 0 N–H and O–H groups in total. The second-order valence-electron chi connectivity index (χ2n) is 6.78. The van der Waals surface area contributed by atoms with E-state index >= 15 is 0 Å². The predicted octanol–water partition coefficient (Wildman–Crippen LogP) is 6.36. The number of benzene rings is 4. The van der Waals surface area contributed by atoms with Crippen molar-refractivity contribution in [3.63, 3.8) is 0 Å². The molecule has 0 saturated heterocycles. The quantitative estimate of drug-likeness (QED) is 0.209.